The van der Waals surface area contributed by atoms with Gasteiger partial charge in [-0.3, -0.25) is 4.18 Å². The van der Waals surface area contributed by atoms with E-state index in [0.29, 0.717) is 16.4 Å². The highest BCUT2D eigenvalue weighted by Gasteiger charge is 2.19. The van der Waals surface area contributed by atoms with Gasteiger partial charge < -0.3 is 0 Å². The van der Waals surface area contributed by atoms with Crippen LogP contribution in [0.1, 0.15) is 12.6 Å². The predicted molar refractivity (Wildman–Crippen MR) is 82.8 cm³/mol. The van der Waals surface area contributed by atoms with Crippen molar-refractivity contribution < 1.29 is 12.6 Å². The van der Waals surface area contributed by atoms with Crippen LogP contribution in [0.4, 0.5) is 0 Å². The number of aromatic nitrogens is 2. The third-order valence-corrected chi connectivity index (χ3v) is 4.82. The summed E-state index contributed by atoms with van der Waals surface area (Å²) >= 11 is 1.51. The quantitative estimate of drug-likeness (QED) is 0.478. The Morgan fingerprint density at radius 3 is 2.62 bits per heavy atom. The molecule has 0 saturated carbocycles. The number of benzene rings is 1. The van der Waals surface area contributed by atoms with Gasteiger partial charge in [0, 0.05) is 11.3 Å². The van der Waals surface area contributed by atoms with Gasteiger partial charge in [0.15, 0.2) is 5.16 Å². The van der Waals surface area contributed by atoms with Crippen LogP contribution in [0.25, 0.3) is 11.3 Å². The van der Waals surface area contributed by atoms with Crippen molar-refractivity contribution in [2.45, 2.75) is 23.9 Å². The Balaban J connectivity index is 2.63. The van der Waals surface area contributed by atoms with Crippen LogP contribution in [0.15, 0.2) is 40.4 Å². The summed E-state index contributed by atoms with van der Waals surface area (Å²) < 4.78 is 28.7. The summed E-state index contributed by atoms with van der Waals surface area (Å²) in [5, 5.41) is 0.636. The summed E-state index contributed by atoms with van der Waals surface area (Å²) in [5.41, 5.74) is 1.89. The lowest BCUT2D eigenvalue weighted by Crippen LogP contribution is -2.05. The predicted octanol–water partition coefficient (Wildman–Crippen LogP) is 2.90. The summed E-state index contributed by atoms with van der Waals surface area (Å²) in [6.07, 6.45) is 0. The summed E-state index contributed by atoms with van der Waals surface area (Å²) in [6, 6.07) is 8.43. The van der Waals surface area contributed by atoms with E-state index in [0.717, 1.165) is 18.6 Å². The third-order valence-electron chi connectivity index (χ3n) is 2.76. The maximum atomic E-state index is 12.0. The minimum atomic E-state index is -3.78. The average Bonchev–Trinajstić information content (AvgIpc) is 2.47. The van der Waals surface area contributed by atoms with Gasteiger partial charge in [0.05, 0.1) is 12.8 Å². The standard InChI is InChI=1S/C14H16N2O3S2/c1-4-20-14-15-10(2)9-12(16-14)11-7-5-6-8-13(11)21(17,18)19-3/h5-9H,4H2,1-3H3. The largest absolute Gasteiger partial charge is 0.297 e. The van der Waals surface area contributed by atoms with Crippen molar-refractivity contribution in [3.05, 3.63) is 36.0 Å². The number of aryl methyl sites for hydroxylation is 1. The number of thioether (sulfide) groups is 1. The molecule has 5 nitrogen and oxygen atoms in total. The fourth-order valence-corrected chi connectivity index (χ4v) is 3.36. The van der Waals surface area contributed by atoms with E-state index in [9.17, 15) is 8.42 Å². The SMILES string of the molecule is CCSc1nc(C)cc(-c2ccccc2S(=O)(=O)OC)n1. The van der Waals surface area contributed by atoms with Crippen molar-refractivity contribution in [3.8, 4) is 11.3 Å². The highest BCUT2D eigenvalue weighted by molar-refractivity contribution is 7.99. The lowest BCUT2D eigenvalue weighted by atomic mass is 10.1. The Morgan fingerprint density at radius 1 is 1.24 bits per heavy atom. The Bertz CT molecular complexity index is 746. The molecule has 1 aromatic carbocycles. The summed E-state index contributed by atoms with van der Waals surface area (Å²) in [4.78, 5) is 8.88. The van der Waals surface area contributed by atoms with Crippen molar-refractivity contribution in [2.75, 3.05) is 12.9 Å². The van der Waals surface area contributed by atoms with E-state index in [1.54, 1.807) is 24.3 Å². The highest BCUT2D eigenvalue weighted by Crippen LogP contribution is 2.28. The van der Waals surface area contributed by atoms with Crippen molar-refractivity contribution in [1.82, 2.24) is 9.97 Å². The zero-order valence-corrected chi connectivity index (χ0v) is 13.7. The molecule has 2 rings (SSSR count). The van der Waals surface area contributed by atoms with Gasteiger partial charge in [0.2, 0.25) is 0 Å². The highest BCUT2D eigenvalue weighted by atomic mass is 32.2. The van der Waals surface area contributed by atoms with Gasteiger partial charge in [0.25, 0.3) is 10.1 Å². The molecule has 0 atom stereocenters. The molecule has 2 aromatic rings. The number of hydrogen-bond donors (Lipinski definition) is 0. The Hall–Kier alpha value is -1.44. The summed E-state index contributed by atoms with van der Waals surface area (Å²) in [6.45, 7) is 3.87. The fraction of sp³-hybridized carbons (Fsp3) is 0.286. The van der Waals surface area contributed by atoms with Crippen molar-refractivity contribution in [3.63, 3.8) is 0 Å². The molecule has 0 radical (unpaired) electrons. The molecule has 0 fully saturated rings. The van der Waals surface area contributed by atoms with Gasteiger partial charge in [-0.25, -0.2) is 9.97 Å². The van der Waals surface area contributed by atoms with E-state index in [2.05, 4.69) is 14.2 Å². The molecule has 0 saturated heterocycles. The Morgan fingerprint density at radius 2 is 1.95 bits per heavy atom. The maximum Gasteiger partial charge on any atom is 0.297 e. The molecule has 21 heavy (non-hydrogen) atoms. The maximum absolute atomic E-state index is 12.0. The van der Waals surface area contributed by atoms with Crippen LogP contribution in [0, 0.1) is 6.92 Å². The molecule has 0 unspecified atom stereocenters. The van der Waals surface area contributed by atoms with E-state index in [1.807, 2.05) is 13.8 Å². The van der Waals surface area contributed by atoms with Gasteiger partial charge in [-0.15, -0.1) is 0 Å². The fourth-order valence-electron chi connectivity index (χ4n) is 1.86. The normalized spacial score (nSPS) is 11.6. The van der Waals surface area contributed by atoms with Gasteiger partial charge >= 0.3 is 0 Å². The molecular formula is C14H16N2O3S2. The summed E-state index contributed by atoms with van der Waals surface area (Å²) in [5.74, 6) is 0.848. The molecule has 1 aromatic heterocycles. The molecule has 0 aliphatic rings. The van der Waals surface area contributed by atoms with Crippen LogP contribution in [0.5, 0.6) is 0 Å². The molecule has 0 aliphatic heterocycles. The minimum absolute atomic E-state index is 0.109. The van der Waals surface area contributed by atoms with Crippen LogP contribution in [-0.4, -0.2) is 31.2 Å². The first-order chi connectivity index (χ1) is 9.97. The minimum Gasteiger partial charge on any atom is -0.270 e. The van der Waals surface area contributed by atoms with Crippen LogP contribution in [-0.2, 0) is 14.3 Å². The van der Waals surface area contributed by atoms with Crippen molar-refractivity contribution >= 4 is 21.9 Å². The van der Waals surface area contributed by atoms with Crippen molar-refractivity contribution in [1.29, 1.82) is 0 Å². The molecular weight excluding hydrogens is 308 g/mol. The summed E-state index contributed by atoms with van der Waals surface area (Å²) in [7, 11) is -2.63. The van der Waals surface area contributed by atoms with Crippen LogP contribution >= 0.6 is 11.8 Å². The number of rotatable bonds is 5. The molecule has 0 aliphatic carbocycles. The first-order valence-electron chi connectivity index (χ1n) is 6.36. The Kier molecular flexibility index (Phi) is 4.97. The first kappa shape index (κ1) is 15.9. The zero-order chi connectivity index (χ0) is 15.5. The second-order valence-electron chi connectivity index (χ2n) is 4.23. The van der Waals surface area contributed by atoms with E-state index < -0.39 is 10.1 Å². The lowest BCUT2D eigenvalue weighted by Gasteiger charge is -2.10. The van der Waals surface area contributed by atoms with Gasteiger partial charge in [-0.05, 0) is 24.8 Å². The first-order valence-corrected chi connectivity index (χ1v) is 8.76. The van der Waals surface area contributed by atoms with E-state index >= 15 is 0 Å². The molecule has 0 amide bonds. The Labute approximate surface area is 128 Å². The van der Waals surface area contributed by atoms with E-state index in [4.69, 9.17) is 0 Å². The second kappa shape index (κ2) is 6.55. The lowest BCUT2D eigenvalue weighted by molar-refractivity contribution is 0.398. The molecule has 0 spiro atoms. The van der Waals surface area contributed by atoms with Crippen molar-refractivity contribution in [2.24, 2.45) is 0 Å². The molecule has 1 heterocycles. The van der Waals surface area contributed by atoms with Gasteiger partial charge in [-0.1, -0.05) is 36.9 Å². The van der Waals surface area contributed by atoms with E-state index in [1.165, 1.54) is 17.8 Å². The molecule has 112 valence electrons. The van der Waals surface area contributed by atoms with E-state index in [-0.39, 0.29) is 4.90 Å². The van der Waals surface area contributed by atoms with Crippen LogP contribution in [0.3, 0.4) is 0 Å². The molecule has 0 N–H and O–H groups in total. The monoisotopic (exact) mass is 324 g/mol. The molecule has 7 heteroatoms. The smallest absolute Gasteiger partial charge is 0.270 e. The molecule has 0 bridgehead atoms. The second-order valence-corrected chi connectivity index (χ2v) is 7.14. The van der Waals surface area contributed by atoms with Crippen LogP contribution in [0.2, 0.25) is 0 Å². The zero-order valence-electron chi connectivity index (χ0n) is 12.0. The van der Waals surface area contributed by atoms with Crippen LogP contribution < -0.4 is 0 Å². The number of nitrogens with zero attached hydrogens (tertiary/aromatic N) is 2. The third kappa shape index (κ3) is 3.61. The average molecular weight is 324 g/mol. The number of hydrogen-bond acceptors (Lipinski definition) is 6. The van der Waals surface area contributed by atoms with Gasteiger partial charge in [-0.2, -0.15) is 8.42 Å². The topological polar surface area (TPSA) is 69.2 Å². The van der Waals surface area contributed by atoms with Gasteiger partial charge in [0.1, 0.15) is 4.90 Å².